The fourth-order valence-corrected chi connectivity index (χ4v) is 2.50. The minimum Gasteiger partial charge on any atom is -0.347 e. The molecule has 0 bridgehead atoms. The van der Waals surface area contributed by atoms with Gasteiger partial charge in [0, 0.05) is 51.7 Å². The maximum atomic E-state index is 11.9. The van der Waals surface area contributed by atoms with Crippen LogP contribution in [-0.4, -0.2) is 73.4 Å². The second-order valence-electron chi connectivity index (χ2n) is 4.47. The molecule has 106 valence electrons. The van der Waals surface area contributed by atoms with Crippen LogP contribution in [-0.2, 0) is 9.59 Å². The van der Waals surface area contributed by atoms with Crippen molar-refractivity contribution in [3.63, 3.8) is 0 Å². The summed E-state index contributed by atoms with van der Waals surface area (Å²) in [6.07, 6.45) is 0.476. The third-order valence-corrected chi connectivity index (χ3v) is 3.85. The quantitative estimate of drug-likeness (QED) is 0.796. The highest BCUT2D eigenvalue weighted by molar-refractivity contribution is 7.99. The molecule has 1 aliphatic heterocycles. The van der Waals surface area contributed by atoms with Gasteiger partial charge < -0.3 is 15.1 Å². The van der Waals surface area contributed by atoms with Crippen molar-refractivity contribution >= 4 is 36.0 Å². The largest absolute Gasteiger partial charge is 0.347 e. The van der Waals surface area contributed by atoms with Crippen LogP contribution in [0.3, 0.4) is 0 Å². The maximum absolute atomic E-state index is 11.9. The summed E-state index contributed by atoms with van der Waals surface area (Å²) in [5.41, 5.74) is 0. The summed E-state index contributed by atoms with van der Waals surface area (Å²) in [7, 11) is 5.07. The predicted octanol–water partition coefficient (Wildman–Crippen LogP) is 0.0499. The molecule has 7 heteroatoms. The normalized spacial score (nSPS) is 18.7. The topological polar surface area (TPSA) is 52.7 Å². The minimum atomic E-state index is -0.0492. The summed E-state index contributed by atoms with van der Waals surface area (Å²) < 4.78 is 0. The number of rotatable bonds is 4. The predicted molar refractivity (Wildman–Crippen MR) is 77.3 cm³/mol. The molecule has 1 heterocycles. The van der Waals surface area contributed by atoms with E-state index in [2.05, 4.69) is 5.32 Å². The van der Waals surface area contributed by atoms with E-state index < -0.39 is 0 Å². The van der Waals surface area contributed by atoms with E-state index in [-0.39, 0.29) is 36.8 Å². The molecule has 0 aliphatic carbocycles. The molecule has 1 aliphatic rings. The lowest BCUT2D eigenvalue weighted by Crippen LogP contribution is -2.43. The number of thioether (sulfide) groups is 1. The van der Waals surface area contributed by atoms with Crippen LogP contribution in [0.1, 0.15) is 6.42 Å². The molecule has 2 amide bonds. The fourth-order valence-electron chi connectivity index (χ4n) is 1.55. The molecule has 18 heavy (non-hydrogen) atoms. The van der Waals surface area contributed by atoms with Crippen molar-refractivity contribution < 1.29 is 9.59 Å². The molecule has 5 nitrogen and oxygen atoms in total. The molecule has 1 saturated heterocycles. The van der Waals surface area contributed by atoms with E-state index in [0.717, 1.165) is 18.1 Å². The Bertz CT molecular complexity index is 283. The molecule has 1 atom stereocenters. The van der Waals surface area contributed by atoms with E-state index in [9.17, 15) is 9.59 Å². The van der Waals surface area contributed by atoms with E-state index in [0.29, 0.717) is 6.42 Å². The smallest absolute Gasteiger partial charge is 0.241 e. The van der Waals surface area contributed by atoms with Crippen LogP contribution >= 0.6 is 24.2 Å². The first-order valence-corrected chi connectivity index (χ1v) is 6.91. The Balaban J connectivity index is 0.00000289. The van der Waals surface area contributed by atoms with Crippen molar-refractivity contribution in [3.8, 4) is 0 Å². The van der Waals surface area contributed by atoms with Crippen molar-refractivity contribution in [2.24, 2.45) is 0 Å². The lowest BCUT2D eigenvalue weighted by Gasteiger charge is -2.25. The van der Waals surface area contributed by atoms with Gasteiger partial charge in [-0.1, -0.05) is 0 Å². The fraction of sp³-hybridized carbons (Fsp3) is 0.818. The Hall–Kier alpha value is -0.460. The number of carbonyl (C=O) groups excluding carboxylic acids is 2. The van der Waals surface area contributed by atoms with E-state index in [1.807, 2.05) is 11.8 Å². The number of carbonyl (C=O) groups is 2. The van der Waals surface area contributed by atoms with E-state index in [1.54, 1.807) is 21.1 Å². The first-order chi connectivity index (χ1) is 8.00. The highest BCUT2D eigenvalue weighted by Crippen LogP contribution is 2.11. The summed E-state index contributed by atoms with van der Waals surface area (Å²) in [5.74, 6) is 2.06. The van der Waals surface area contributed by atoms with Crippen LogP contribution in [0.5, 0.6) is 0 Å². The van der Waals surface area contributed by atoms with Crippen LogP contribution in [0, 0.1) is 0 Å². The van der Waals surface area contributed by atoms with Crippen LogP contribution < -0.4 is 5.32 Å². The van der Waals surface area contributed by atoms with Gasteiger partial charge in [-0.05, 0) is 0 Å². The molecule has 1 unspecified atom stereocenters. The van der Waals surface area contributed by atoms with E-state index in [4.69, 9.17) is 0 Å². The third-order valence-electron chi connectivity index (χ3n) is 2.72. The molecule has 1 fully saturated rings. The van der Waals surface area contributed by atoms with Crippen molar-refractivity contribution in [3.05, 3.63) is 0 Å². The summed E-state index contributed by atoms with van der Waals surface area (Å²) in [4.78, 5) is 26.3. The van der Waals surface area contributed by atoms with Gasteiger partial charge >= 0.3 is 0 Å². The molecule has 0 saturated carbocycles. The van der Waals surface area contributed by atoms with Gasteiger partial charge in [-0.3, -0.25) is 9.59 Å². The molecule has 0 radical (unpaired) electrons. The van der Waals surface area contributed by atoms with Gasteiger partial charge in [0.15, 0.2) is 0 Å². The van der Waals surface area contributed by atoms with Crippen molar-refractivity contribution in [1.82, 2.24) is 15.1 Å². The monoisotopic (exact) mass is 295 g/mol. The molecule has 1 rings (SSSR count). The molecule has 1 N–H and O–H groups in total. The molecule has 0 spiro atoms. The number of nitrogens with zero attached hydrogens (tertiary/aromatic N) is 2. The Morgan fingerprint density at radius 1 is 1.28 bits per heavy atom. The van der Waals surface area contributed by atoms with E-state index in [1.165, 1.54) is 9.80 Å². The molecule has 0 aromatic rings. The number of hydrogen-bond acceptors (Lipinski definition) is 4. The highest BCUT2D eigenvalue weighted by Gasteiger charge is 2.20. The number of likely N-dealkylation sites (N-methyl/N-ethyl adjacent to an activating group) is 2. The Labute approximate surface area is 119 Å². The number of nitrogens with one attached hydrogen (secondary N) is 1. The minimum absolute atomic E-state index is 0. The second kappa shape index (κ2) is 8.61. The first kappa shape index (κ1) is 17.5. The second-order valence-corrected chi connectivity index (χ2v) is 5.62. The summed E-state index contributed by atoms with van der Waals surface area (Å²) in [5, 5.41) is 3.32. The van der Waals surface area contributed by atoms with Crippen LogP contribution in [0.4, 0.5) is 0 Å². The average Bonchev–Trinajstić information content (AvgIpc) is 2.29. The van der Waals surface area contributed by atoms with Crippen LogP contribution in [0.15, 0.2) is 0 Å². The Morgan fingerprint density at radius 2 is 1.94 bits per heavy atom. The zero-order valence-electron chi connectivity index (χ0n) is 11.1. The molecule has 0 aromatic carbocycles. The van der Waals surface area contributed by atoms with Crippen molar-refractivity contribution in [1.29, 1.82) is 0 Å². The van der Waals surface area contributed by atoms with Crippen LogP contribution in [0.2, 0.25) is 0 Å². The van der Waals surface area contributed by atoms with E-state index >= 15 is 0 Å². The number of hydrogen-bond donors (Lipinski definition) is 1. The maximum Gasteiger partial charge on any atom is 0.241 e. The highest BCUT2D eigenvalue weighted by atomic mass is 35.5. The first-order valence-electron chi connectivity index (χ1n) is 5.76. The molecular formula is C11H22ClN3O2S. The number of amides is 2. The summed E-state index contributed by atoms with van der Waals surface area (Å²) in [6, 6.07) is 0.248. The van der Waals surface area contributed by atoms with Gasteiger partial charge in [0.05, 0.1) is 6.54 Å². The van der Waals surface area contributed by atoms with Crippen molar-refractivity contribution in [2.45, 2.75) is 12.5 Å². The average molecular weight is 296 g/mol. The van der Waals surface area contributed by atoms with Gasteiger partial charge in [0.2, 0.25) is 11.8 Å². The summed E-state index contributed by atoms with van der Waals surface area (Å²) in [6.45, 7) is 1.12. The van der Waals surface area contributed by atoms with Gasteiger partial charge in [0.1, 0.15) is 0 Å². The summed E-state index contributed by atoms with van der Waals surface area (Å²) >= 11 is 1.87. The lowest BCUT2D eigenvalue weighted by atomic mass is 10.2. The van der Waals surface area contributed by atoms with Gasteiger partial charge in [-0.2, -0.15) is 11.8 Å². The molecule has 0 aromatic heterocycles. The van der Waals surface area contributed by atoms with Gasteiger partial charge in [0.25, 0.3) is 0 Å². The van der Waals surface area contributed by atoms with Gasteiger partial charge in [-0.15, -0.1) is 12.4 Å². The third kappa shape index (κ3) is 5.93. The number of halogens is 1. The zero-order valence-corrected chi connectivity index (χ0v) is 12.8. The van der Waals surface area contributed by atoms with Crippen LogP contribution in [0.25, 0.3) is 0 Å². The van der Waals surface area contributed by atoms with Crippen molar-refractivity contribution in [2.75, 3.05) is 45.7 Å². The SMILES string of the molecule is CN(C)C(=O)CN(C)C(=O)CC1CSCCN1.Cl. The lowest BCUT2D eigenvalue weighted by molar-refractivity contribution is -0.138. The Morgan fingerprint density at radius 3 is 2.44 bits per heavy atom. The Kier molecular flexibility index (Phi) is 8.39. The molecular weight excluding hydrogens is 274 g/mol. The zero-order chi connectivity index (χ0) is 12.8. The van der Waals surface area contributed by atoms with Gasteiger partial charge in [-0.25, -0.2) is 0 Å². The standard InChI is InChI=1S/C11H21N3O2S.ClH/c1-13(2)11(16)7-14(3)10(15)6-9-8-17-5-4-12-9;/h9,12H,4-8H2,1-3H3;1H.